The molecular weight excluding hydrogens is 600 g/mol. The smallest absolute Gasteiger partial charge is 0.258 e. The zero-order chi connectivity index (χ0) is 29.0. The molecule has 0 saturated heterocycles. The number of anilines is 3. The predicted octanol–water partition coefficient (Wildman–Crippen LogP) is 6.28. The number of nitrogens with one attached hydrogen (secondary N) is 2. The van der Waals surface area contributed by atoms with Gasteiger partial charge < -0.3 is 15.5 Å². The Bertz CT molecular complexity index is 1670. The second kappa shape index (κ2) is 12.3. The van der Waals surface area contributed by atoms with Crippen molar-refractivity contribution in [3.63, 3.8) is 0 Å². The molecule has 2 N–H and O–H groups in total. The summed E-state index contributed by atoms with van der Waals surface area (Å²) in [6.45, 7) is 0.893. The van der Waals surface area contributed by atoms with E-state index in [-0.39, 0.29) is 11.7 Å². The van der Waals surface area contributed by atoms with Crippen molar-refractivity contribution in [3.05, 3.63) is 124 Å². The number of fused-ring (bicyclic) bond motifs is 1. The Labute approximate surface area is 249 Å². The molecule has 0 spiro atoms. The van der Waals surface area contributed by atoms with Crippen LogP contribution in [0.25, 0.3) is 11.3 Å². The lowest BCUT2D eigenvalue weighted by molar-refractivity contribution is -0.110. The Morgan fingerprint density at radius 2 is 1.51 bits per heavy atom. The first kappa shape index (κ1) is 28.6. The number of sulfonamides is 1. The number of rotatable bonds is 10. The normalized spacial score (nSPS) is 14.0. The van der Waals surface area contributed by atoms with Gasteiger partial charge in [0.15, 0.2) is 0 Å². The first-order valence-electron chi connectivity index (χ1n) is 13.2. The second-order valence-electron chi connectivity index (χ2n) is 10.0. The summed E-state index contributed by atoms with van der Waals surface area (Å²) < 4.78 is 29.4. The van der Waals surface area contributed by atoms with Crippen molar-refractivity contribution < 1.29 is 13.2 Å². The minimum atomic E-state index is -3.64. The number of halogens is 1. The van der Waals surface area contributed by atoms with Crippen LogP contribution in [0.2, 0.25) is 0 Å². The van der Waals surface area contributed by atoms with Crippen molar-refractivity contribution in [3.8, 4) is 0 Å². The molecule has 0 unspecified atom stereocenters. The summed E-state index contributed by atoms with van der Waals surface area (Å²) in [6.07, 6.45) is 0. The summed E-state index contributed by atoms with van der Waals surface area (Å²) in [5.41, 5.74) is 5.66. The van der Waals surface area contributed by atoms with Gasteiger partial charge in [-0.1, -0.05) is 82.7 Å². The first-order chi connectivity index (χ1) is 19.7. The summed E-state index contributed by atoms with van der Waals surface area (Å²) in [6, 6.07) is 31.9. The van der Waals surface area contributed by atoms with Crippen LogP contribution in [0, 0.1) is 0 Å². The highest BCUT2D eigenvalue weighted by molar-refractivity contribution is 9.10. The molecule has 0 aromatic heterocycles. The van der Waals surface area contributed by atoms with E-state index in [2.05, 4.69) is 26.6 Å². The van der Waals surface area contributed by atoms with Gasteiger partial charge in [-0.3, -0.25) is 9.10 Å². The quantitative estimate of drug-likeness (QED) is 0.202. The first-order valence-corrected chi connectivity index (χ1v) is 15.6. The second-order valence-corrected chi connectivity index (χ2v) is 12.9. The maximum atomic E-state index is 13.5. The topological polar surface area (TPSA) is 81.8 Å². The summed E-state index contributed by atoms with van der Waals surface area (Å²) in [7, 11) is 0.200. The van der Waals surface area contributed by atoms with E-state index < -0.39 is 10.0 Å². The predicted molar refractivity (Wildman–Crippen MR) is 171 cm³/mol. The van der Waals surface area contributed by atoms with Crippen LogP contribution in [0.5, 0.6) is 0 Å². The van der Waals surface area contributed by atoms with Crippen LogP contribution in [0.1, 0.15) is 16.7 Å². The zero-order valence-corrected chi connectivity index (χ0v) is 25.2. The SMILES string of the molecule is CN(C)CCN(c1ccc(N/C(=C2\C(=O)Nc3cc(Br)ccc32)c2ccccc2)cc1)S(=O)(=O)Cc1ccccc1. The molecule has 1 aliphatic rings. The standard InChI is InChI=1S/C32H31BrN4O3S/c1-36(2)19-20-37(41(39,40)22-23-9-5-3-6-10-23)27-16-14-26(15-17-27)34-31(24-11-7-4-8-12-24)30-28-18-13-25(33)21-29(28)35-32(30)38/h3-18,21,34H,19-20,22H2,1-2H3,(H,35,38)/b31-30-. The lowest BCUT2D eigenvalue weighted by Gasteiger charge is -2.26. The van der Waals surface area contributed by atoms with E-state index in [9.17, 15) is 13.2 Å². The highest BCUT2D eigenvalue weighted by Crippen LogP contribution is 2.39. The molecule has 7 nitrogen and oxygen atoms in total. The average Bonchev–Trinajstić information content (AvgIpc) is 3.27. The molecule has 1 amide bonds. The number of hydrogen-bond acceptors (Lipinski definition) is 5. The van der Waals surface area contributed by atoms with Crippen molar-refractivity contribution >= 4 is 60.2 Å². The molecule has 1 heterocycles. The lowest BCUT2D eigenvalue weighted by atomic mass is 10.00. The molecular formula is C32H31BrN4O3S. The van der Waals surface area contributed by atoms with Crippen molar-refractivity contribution in [1.82, 2.24) is 4.90 Å². The maximum Gasteiger partial charge on any atom is 0.258 e. The fourth-order valence-electron chi connectivity index (χ4n) is 4.71. The third kappa shape index (κ3) is 6.70. The van der Waals surface area contributed by atoms with Gasteiger partial charge in [0.1, 0.15) is 0 Å². The average molecular weight is 632 g/mol. The van der Waals surface area contributed by atoms with Gasteiger partial charge in [0.2, 0.25) is 10.0 Å². The molecule has 1 aliphatic heterocycles. The highest BCUT2D eigenvalue weighted by Gasteiger charge is 2.29. The monoisotopic (exact) mass is 630 g/mol. The lowest BCUT2D eigenvalue weighted by Crippen LogP contribution is -2.37. The van der Waals surface area contributed by atoms with Gasteiger partial charge in [-0.15, -0.1) is 0 Å². The van der Waals surface area contributed by atoms with Gasteiger partial charge in [-0.2, -0.15) is 0 Å². The number of likely N-dealkylation sites (N-methyl/N-ethyl adjacent to an activating group) is 1. The van der Waals surface area contributed by atoms with E-state index >= 15 is 0 Å². The van der Waals surface area contributed by atoms with Crippen molar-refractivity contribution in [2.45, 2.75) is 5.75 Å². The number of carbonyl (C=O) groups is 1. The third-order valence-electron chi connectivity index (χ3n) is 6.74. The molecule has 210 valence electrons. The Hall–Kier alpha value is -3.92. The minimum Gasteiger partial charge on any atom is -0.354 e. The van der Waals surface area contributed by atoms with E-state index in [0.29, 0.717) is 30.0 Å². The van der Waals surface area contributed by atoms with Crippen LogP contribution < -0.4 is 14.9 Å². The van der Waals surface area contributed by atoms with E-state index in [1.54, 1.807) is 12.1 Å². The van der Waals surface area contributed by atoms with Crippen LogP contribution >= 0.6 is 15.9 Å². The molecule has 5 rings (SSSR count). The maximum absolute atomic E-state index is 13.5. The highest BCUT2D eigenvalue weighted by atomic mass is 79.9. The van der Waals surface area contributed by atoms with Crippen LogP contribution in [-0.4, -0.2) is 46.4 Å². The van der Waals surface area contributed by atoms with Gasteiger partial charge >= 0.3 is 0 Å². The van der Waals surface area contributed by atoms with Gasteiger partial charge in [0.25, 0.3) is 5.91 Å². The minimum absolute atomic E-state index is 0.0871. The number of carbonyl (C=O) groups excluding carboxylic acids is 1. The number of nitrogens with zero attached hydrogens (tertiary/aromatic N) is 2. The third-order valence-corrected chi connectivity index (χ3v) is 9.00. The molecule has 0 radical (unpaired) electrons. The molecule has 41 heavy (non-hydrogen) atoms. The molecule has 0 saturated carbocycles. The Kier molecular flexibility index (Phi) is 8.58. The summed E-state index contributed by atoms with van der Waals surface area (Å²) in [5, 5.41) is 6.41. The molecule has 4 aromatic rings. The van der Waals surface area contributed by atoms with E-state index in [0.717, 1.165) is 32.5 Å². The fraction of sp³-hybridized carbons (Fsp3) is 0.156. The molecule has 0 bridgehead atoms. The van der Waals surface area contributed by atoms with E-state index in [1.165, 1.54) is 4.31 Å². The number of hydrogen-bond donors (Lipinski definition) is 2. The molecule has 0 atom stereocenters. The van der Waals surface area contributed by atoms with Crippen LogP contribution in [-0.2, 0) is 20.6 Å². The van der Waals surface area contributed by atoms with Crippen molar-refractivity contribution in [2.75, 3.05) is 42.1 Å². The number of benzene rings is 4. The number of amides is 1. The summed E-state index contributed by atoms with van der Waals surface area (Å²) in [5.74, 6) is -0.279. The van der Waals surface area contributed by atoms with Crippen LogP contribution in [0.3, 0.4) is 0 Å². The largest absolute Gasteiger partial charge is 0.354 e. The van der Waals surface area contributed by atoms with Gasteiger partial charge in [-0.25, -0.2) is 8.42 Å². The van der Waals surface area contributed by atoms with Gasteiger partial charge in [0, 0.05) is 28.8 Å². The van der Waals surface area contributed by atoms with Gasteiger partial charge in [0.05, 0.1) is 28.4 Å². The Balaban J connectivity index is 1.49. The van der Waals surface area contributed by atoms with Crippen LogP contribution in [0.15, 0.2) is 108 Å². The van der Waals surface area contributed by atoms with Crippen molar-refractivity contribution in [2.24, 2.45) is 0 Å². The van der Waals surface area contributed by atoms with Gasteiger partial charge in [-0.05, 0) is 61.6 Å². The molecule has 0 fully saturated rings. The van der Waals surface area contributed by atoms with E-state index in [1.807, 2.05) is 110 Å². The summed E-state index contributed by atoms with van der Waals surface area (Å²) >= 11 is 3.48. The Morgan fingerprint density at radius 1 is 0.854 bits per heavy atom. The van der Waals surface area contributed by atoms with Crippen molar-refractivity contribution in [1.29, 1.82) is 0 Å². The Morgan fingerprint density at radius 3 is 2.17 bits per heavy atom. The van der Waals surface area contributed by atoms with E-state index in [4.69, 9.17) is 0 Å². The molecule has 4 aromatic carbocycles. The molecule has 0 aliphatic carbocycles. The summed E-state index contributed by atoms with van der Waals surface area (Å²) in [4.78, 5) is 15.1. The van der Waals surface area contributed by atoms with Crippen LogP contribution in [0.4, 0.5) is 17.1 Å². The fourth-order valence-corrected chi connectivity index (χ4v) is 6.65. The zero-order valence-electron chi connectivity index (χ0n) is 22.8. The molecule has 9 heteroatoms.